The molecule has 1 unspecified atom stereocenters. The number of hydrogen-bond donors (Lipinski definition) is 1. The van der Waals surface area contributed by atoms with Crippen LogP contribution in [-0.4, -0.2) is 12.6 Å². The monoisotopic (exact) mass is 247 g/mol. The molecule has 1 N–H and O–H groups in total. The number of ether oxygens (including phenoxy) is 1. The average Bonchev–Trinajstić information content (AvgIpc) is 2.24. The molecule has 0 bridgehead atoms. The third-order valence-corrected chi connectivity index (χ3v) is 3.68. The van der Waals surface area contributed by atoms with Gasteiger partial charge in [0.15, 0.2) is 0 Å². The quantitative estimate of drug-likeness (QED) is 0.815. The number of fused-ring (bicyclic) bond motifs is 1. The number of benzene rings is 1. The van der Waals surface area contributed by atoms with Gasteiger partial charge in [-0.1, -0.05) is 26.8 Å². The summed E-state index contributed by atoms with van der Waals surface area (Å²) in [6.45, 7) is 11.0. The molecule has 0 fully saturated rings. The first-order valence-corrected chi connectivity index (χ1v) is 6.74. The second-order valence-electron chi connectivity index (χ2n) is 6.91. The first-order chi connectivity index (χ1) is 8.23. The molecule has 2 heteroatoms. The molecule has 1 aromatic carbocycles. The zero-order chi connectivity index (χ0) is 13.6. The van der Waals surface area contributed by atoms with E-state index >= 15 is 0 Å². The van der Waals surface area contributed by atoms with Crippen LogP contribution in [0.1, 0.15) is 58.2 Å². The lowest BCUT2D eigenvalue weighted by atomic mass is 9.82. The third-order valence-electron chi connectivity index (χ3n) is 3.68. The molecule has 1 aromatic rings. The summed E-state index contributed by atoms with van der Waals surface area (Å²) in [5, 5.41) is 3.41. The summed E-state index contributed by atoms with van der Waals surface area (Å²) in [6.07, 6.45) is 1.00. The van der Waals surface area contributed by atoms with Gasteiger partial charge in [0.2, 0.25) is 0 Å². The van der Waals surface area contributed by atoms with E-state index in [1.807, 2.05) is 7.05 Å². The van der Waals surface area contributed by atoms with Crippen molar-refractivity contribution in [3.63, 3.8) is 0 Å². The molecule has 0 saturated heterocycles. The van der Waals surface area contributed by atoms with Crippen molar-refractivity contribution >= 4 is 0 Å². The summed E-state index contributed by atoms with van der Waals surface area (Å²) in [5.41, 5.74) is 2.75. The zero-order valence-electron chi connectivity index (χ0n) is 12.4. The average molecular weight is 247 g/mol. The number of nitrogens with one attached hydrogen (secondary N) is 1. The normalized spacial score (nSPS) is 22.2. The Bertz CT molecular complexity index is 443. The highest BCUT2D eigenvalue weighted by Gasteiger charge is 2.33. The van der Waals surface area contributed by atoms with E-state index in [1.54, 1.807) is 0 Å². The minimum Gasteiger partial charge on any atom is -0.487 e. The Morgan fingerprint density at radius 3 is 2.50 bits per heavy atom. The molecule has 0 aromatic heterocycles. The fourth-order valence-electron chi connectivity index (χ4n) is 2.58. The van der Waals surface area contributed by atoms with Crippen LogP contribution in [0.25, 0.3) is 0 Å². The molecule has 1 aliphatic heterocycles. The summed E-state index contributed by atoms with van der Waals surface area (Å²) in [5.74, 6) is 1.03. The van der Waals surface area contributed by atoms with Gasteiger partial charge in [-0.2, -0.15) is 0 Å². The maximum Gasteiger partial charge on any atom is 0.124 e. The number of rotatable bonds is 1. The minimum absolute atomic E-state index is 0.0933. The molecule has 0 aliphatic carbocycles. The van der Waals surface area contributed by atoms with Crippen molar-refractivity contribution in [3.05, 3.63) is 29.3 Å². The van der Waals surface area contributed by atoms with Gasteiger partial charge in [-0.15, -0.1) is 0 Å². The van der Waals surface area contributed by atoms with Crippen molar-refractivity contribution in [2.75, 3.05) is 7.05 Å². The lowest BCUT2D eigenvalue weighted by Gasteiger charge is -2.38. The Balaban J connectivity index is 2.46. The SMILES string of the molecule is CNC1CC(C)(C)Oc2ccc(C(C)(C)C)cc21. The van der Waals surface area contributed by atoms with Gasteiger partial charge in [-0.05, 0) is 44.0 Å². The van der Waals surface area contributed by atoms with E-state index in [1.165, 1.54) is 11.1 Å². The molecule has 0 saturated carbocycles. The second kappa shape index (κ2) is 4.27. The Morgan fingerprint density at radius 1 is 1.28 bits per heavy atom. The third kappa shape index (κ3) is 2.54. The molecule has 0 amide bonds. The summed E-state index contributed by atoms with van der Waals surface area (Å²) in [6, 6.07) is 6.99. The smallest absolute Gasteiger partial charge is 0.124 e. The lowest BCUT2D eigenvalue weighted by molar-refractivity contribution is 0.0674. The predicted molar refractivity (Wildman–Crippen MR) is 76.3 cm³/mol. The van der Waals surface area contributed by atoms with E-state index < -0.39 is 0 Å². The van der Waals surface area contributed by atoms with Crippen LogP contribution in [0.5, 0.6) is 5.75 Å². The molecular weight excluding hydrogens is 222 g/mol. The van der Waals surface area contributed by atoms with Gasteiger partial charge in [0.05, 0.1) is 0 Å². The molecule has 2 rings (SSSR count). The summed E-state index contributed by atoms with van der Waals surface area (Å²) < 4.78 is 6.08. The second-order valence-corrected chi connectivity index (χ2v) is 6.91. The summed E-state index contributed by atoms with van der Waals surface area (Å²) in [4.78, 5) is 0. The van der Waals surface area contributed by atoms with Crippen LogP contribution in [-0.2, 0) is 5.41 Å². The maximum absolute atomic E-state index is 6.08. The summed E-state index contributed by atoms with van der Waals surface area (Å²) >= 11 is 0. The molecule has 1 heterocycles. The van der Waals surface area contributed by atoms with Crippen molar-refractivity contribution in [1.29, 1.82) is 0 Å². The van der Waals surface area contributed by atoms with Gasteiger partial charge in [-0.3, -0.25) is 0 Å². The van der Waals surface area contributed by atoms with Crippen molar-refractivity contribution in [2.45, 2.75) is 58.1 Å². The van der Waals surface area contributed by atoms with Crippen molar-refractivity contribution in [3.8, 4) is 5.75 Å². The molecule has 1 aliphatic rings. The molecule has 2 nitrogen and oxygen atoms in total. The van der Waals surface area contributed by atoms with Crippen LogP contribution >= 0.6 is 0 Å². The molecule has 18 heavy (non-hydrogen) atoms. The first-order valence-electron chi connectivity index (χ1n) is 6.74. The van der Waals surface area contributed by atoms with E-state index in [2.05, 4.69) is 58.1 Å². The Morgan fingerprint density at radius 2 is 1.94 bits per heavy atom. The molecule has 1 atom stereocenters. The van der Waals surface area contributed by atoms with Gasteiger partial charge < -0.3 is 10.1 Å². The van der Waals surface area contributed by atoms with E-state index in [0.29, 0.717) is 6.04 Å². The van der Waals surface area contributed by atoms with Crippen molar-refractivity contribution in [1.82, 2.24) is 5.32 Å². The molecular formula is C16H25NO. The minimum atomic E-state index is -0.0933. The fourth-order valence-corrected chi connectivity index (χ4v) is 2.58. The highest BCUT2D eigenvalue weighted by molar-refractivity contribution is 5.43. The lowest BCUT2D eigenvalue weighted by Crippen LogP contribution is -2.38. The molecule has 0 radical (unpaired) electrons. The van der Waals surface area contributed by atoms with Crippen molar-refractivity contribution in [2.24, 2.45) is 0 Å². The van der Waals surface area contributed by atoms with E-state index in [9.17, 15) is 0 Å². The standard InChI is InChI=1S/C16H25NO/c1-15(2,3)11-7-8-14-12(9-11)13(17-6)10-16(4,5)18-14/h7-9,13,17H,10H2,1-6H3. The van der Waals surface area contributed by atoms with Crippen LogP contribution in [0.2, 0.25) is 0 Å². The van der Waals surface area contributed by atoms with Crippen LogP contribution in [0.4, 0.5) is 0 Å². The molecule has 100 valence electrons. The largest absolute Gasteiger partial charge is 0.487 e. The van der Waals surface area contributed by atoms with Gasteiger partial charge in [0, 0.05) is 18.0 Å². The molecule has 0 spiro atoms. The van der Waals surface area contributed by atoms with Crippen LogP contribution in [0, 0.1) is 0 Å². The van der Waals surface area contributed by atoms with Gasteiger partial charge in [-0.25, -0.2) is 0 Å². The Hall–Kier alpha value is -1.02. The zero-order valence-corrected chi connectivity index (χ0v) is 12.4. The highest BCUT2D eigenvalue weighted by Crippen LogP contribution is 2.41. The Kier molecular flexibility index (Phi) is 3.18. The van der Waals surface area contributed by atoms with Gasteiger partial charge in [0.1, 0.15) is 11.4 Å². The van der Waals surface area contributed by atoms with Crippen LogP contribution in [0.3, 0.4) is 0 Å². The maximum atomic E-state index is 6.08. The fraction of sp³-hybridized carbons (Fsp3) is 0.625. The van der Waals surface area contributed by atoms with Crippen LogP contribution in [0.15, 0.2) is 18.2 Å². The topological polar surface area (TPSA) is 21.3 Å². The number of hydrogen-bond acceptors (Lipinski definition) is 2. The van der Waals surface area contributed by atoms with Gasteiger partial charge in [0.25, 0.3) is 0 Å². The Labute approximate surface area is 111 Å². The van der Waals surface area contributed by atoms with Gasteiger partial charge >= 0.3 is 0 Å². The van der Waals surface area contributed by atoms with E-state index in [0.717, 1.165) is 12.2 Å². The highest BCUT2D eigenvalue weighted by atomic mass is 16.5. The summed E-state index contributed by atoms with van der Waals surface area (Å²) in [7, 11) is 2.03. The van der Waals surface area contributed by atoms with E-state index in [-0.39, 0.29) is 11.0 Å². The van der Waals surface area contributed by atoms with Crippen molar-refractivity contribution < 1.29 is 4.74 Å². The van der Waals surface area contributed by atoms with E-state index in [4.69, 9.17) is 4.74 Å². The van der Waals surface area contributed by atoms with Crippen LogP contribution < -0.4 is 10.1 Å². The predicted octanol–water partition coefficient (Wildman–Crippen LogP) is 3.81. The first kappa shape index (κ1) is 13.4.